The lowest BCUT2D eigenvalue weighted by atomic mass is 9.88. The van der Waals surface area contributed by atoms with Crippen LogP contribution in [0.4, 0.5) is 5.69 Å². The standard InChI is InChI=1S/C28H23N3O6/c1-30-19-13-8-15(14-20(19)31(2)28(30)34)22-23-24(18-6-4-5-7-21(18)36-27(23)33)37-25(22)26(32)29-16-9-11-17(35-3)12-10-16/h4-14,22,25H,1-3H3,(H,29,32)/t22-,25+/m1/s1. The number of aryl methyl sites for hydroxylation is 2. The van der Waals surface area contributed by atoms with Crippen LogP contribution >= 0.6 is 0 Å². The molecule has 1 N–H and O–H groups in total. The van der Waals surface area contributed by atoms with Gasteiger partial charge in [0.25, 0.3) is 5.91 Å². The third kappa shape index (κ3) is 3.50. The highest BCUT2D eigenvalue weighted by molar-refractivity contribution is 5.98. The number of nitrogens with zero attached hydrogens (tertiary/aromatic N) is 2. The summed E-state index contributed by atoms with van der Waals surface area (Å²) in [6.45, 7) is 0. The number of aromatic nitrogens is 2. The molecule has 1 amide bonds. The minimum absolute atomic E-state index is 0.172. The van der Waals surface area contributed by atoms with E-state index in [1.807, 2.05) is 24.3 Å². The number of nitrogens with one attached hydrogen (secondary N) is 1. The van der Waals surface area contributed by atoms with Gasteiger partial charge in [-0.15, -0.1) is 0 Å². The summed E-state index contributed by atoms with van der Waals surface area (Å²) in [5.41, 5.74) is 2.54. The Balaban J connectivity index is 1.51. The number of fused-ring (bicyclic) bond motifs is 4. The molecule has 0 unspecified atom stereocenters. The van der Waals surface area contributed by atoms with Gasteiger partial charge in [0, 0.05) is 19.8 Å². The van der Waals surface area contributed by atoms with Crippen LogP contribution in [0.2, 0.25) is 0 Å². The highest BCUT2D eigenvalue weighted by atomic mass is 16.5. The topological polar surface area (TPSA) is 105 Å². The molecule has 9 heteroatoms. The van der Waals surface area contributed by atoms with Crippen molar-refractivity contribution in [1.82, 2.24) is 9.13 Å². The molecule has 3 heterocycles. The lowest BCUT2D eigenvalue weighted by Crippen LogP contribution is -2.35. The van der Waals surface area contributed by atoms with Crippen molar-refractivity contribution in [2.24, 2.45) is 14.1 Å². The van der Waals surface area contributed by atoms with Gasteiger partial charge in [-0.05, 0) is 54.1 Å². The Morgan fingerprint density at radius 1 is 0.946 bits per heavy atom. The molecule has 1 aliphatic rings. The smallest absolute Gasteiger partial charge is 0.344 e. The molecule has 1 aliphatic heterocycles. The lowest BCUT2D eigenvalue weighted by molar-refractivity contribution is -0.122. The van der Waals surface area contributed by atoms with Crippen LogP contribution in [-0.2, 0) is 18.9 Å². The summed E-state index contributed by atoms with van der Waals surface area (Å²) in [5, 5.41) is 3.49. The normalized spacial score (nSPS) is 16.5. The summed E-state index contributed by atoms with van der Waals surface area (Å²) in [5.74, 6) is -0.189. The Bertz CT molecular complexity index is 1810. The summed E-state index contributed by atoms with van der Waals surface area (Å²) >= 11 is 0. The number of para-hydroxylation sites is 1. The summed E-state index contributed by atoms with van der Waals surface area (Å²) in [4.78, 5) is 39.3. The van der Waals surface area contributed by atoms with E-state index in [1.54, 1.807) is 68.2 Å². The molecule has 2 atom stereocenters. The van der Waals surface area contributed by atoms with E-state index in [0.717, 1.165) is 5.52 Å². The van der Waals surface area contributed by atoms with Crippen molar-refractivity contribution >= 4 is 33.6 Å². The lowest BCUT2D eigenvalue weighted by Gasteiger charge is -2.19. The second-order valence-corrected chi connectivity index (χ2v) is 9.01. The van der Waals surface area contributed by atoms with E-state index in [-0.39, 0.29) is 11.3 Å². The highest BCUT2D eigenvalue weighted by Gasteiger charge is 2.44. The van der Waals surface area contributed by atoms with Crippen LogP contribution in [0.25, 0.3) is 22.0 Å². The molecule has 0 bridgehead atoms. The van der Waals surface area contributed by atoms with Gasteiger partial charge in [-0.1, -0.05) is 18.2 Å². The van der Waals surface area contributed by atoms with Crippen molar-refractivity contribution in [3.8, 4) is 11.5 Å². The molecule has 0 fully saturated rings. The predicted octanol–water partition coefficient (Wildman–Crippen LogP) is 3.52. The van der Waals surface area contributed by atoms with Gasteiger partial charge >= 0.3 is 11.3 Å². The first-order chi connectivity index (χ1) is 17.9. The van der Waals surface area contributed by atoms with Gasteiger partial charge in [-0.25, -0.2) is 9.59 Å². The molecular formula is C28H23N3O6. The number of imidazole rings is 1. The zero-order valence-corrected chi connectivity index (χ0v) is 20.3. The van der Waals surface area contributed by atoms with Crippen LogP contribution in [0.15, 0.2) is 80.7 Å². The number of rotatable bonds is 4. The fraction of sp³-hybridized carbons (Fsp3) is 0.179. The molecule has 9 nitrogen and oxygen atoms in total. The summed E-state index contributed by atoms with van der Waals surface area (Å²) in [7, 11) is 4.95. The SMILES string of the molecule is COc1ccc(NC(=O)[C@H]2Oc3c(c(=O)oc4ccccc34)[C@H]2c2ccc3c(c2)n(C)c(=O)n3C)cc1. The van der Waals surface area contributed by atoms with E-state index >= 15 is 0 Å². The first-order valence-electron chi connectivity index (χ1n) is 11.7. The maximum absolute atomic E-state index is 13.6. The van der Waals surface area contributed by atoms with Crippen molar-refractivity contribution in [3.05, 3.63) is 98.8 Å². The zero-order chi connectivity index (χ0) is 25.8. The molecular weight excluding hydrogens is 474 g/mol. The number of anilines is 1. The van der Waals surface area contributed by atoms with Gasteiger partial charge in [0.1, 0.15) is 17.1 Å². The number of carbonyl (C=O) groups excluding carboxylic acids is 1. The van der Waals surface area contributed by atoms with Crippen LogP contribution in [0.3, 0.4) is 0 Å². The van der Waals surface area contributed by atoms with E-state index in [4.69, 9.17) is 13.9 Å². The van der Waals surface area contributed by atoms with Crippen molar-refractivity contribution < 1.29 is 18.7 Å². The predicted molar refractivity (Wildman–Crippen MR) is 139 cm³/mol. The molecule has 2 aromatic heterocycles. The van der Waals surface area contributed by atoms with Gasteiger partial charge in [-0.2, -0.15) is 0 Å². The van der Waals surface area contributed by atoms with Gasteiger partial charge in [0.05, 0.1) is 35.0 Å². The molecule has 6 rings (SSSR count). The summed E-state index contributed by atoms with van der Waals surface area (Å²) in [6.07, 6.45) is -1.05. The number of carbonyl (C=O) groups is 1. The molecule has 0 spiro atoms. The third-order valence-corrected chi connectivity index (χ3v) is 6.93. The summed E-state index contributed by atoms with van der Waals surface area (Å²) < 4.78 is 20.1. The maximum atomic E-state index is 13.6. The Labute approximate surface area is 210 Å². The fourth-order valence-corrected chi connectivity index (χ4v) is 5.03. The second kappa shape index (κ2) is 8.41. The number of hydrogen-bond donors (Lipinski definition) is 1. The number of hydrogen-bond acceptors (Lipinski definition) is 6. The monoisotopic (exact) mass is 497 g/mol. The van der Waals surface area contributed by atoms with E-state index in [9.17, 15) is 14.4 Å². The van der Waals surface area contributed by atoms with Crippen LogP contribution in [0, 0.1) is 0 Å². The Morgan fingerprint density at radius 2 is 1.68 bits per heavy atom. The first kappa shape index (κ1) is 22.7. The third-order valence-electron chi connectivity index (χ3n) is 6.93. The van der Waals surface area contributed by atoms with Crippen molar-refractivity contribution in [2.75, 3.05) is 12.4 Å². The molecule has 0 saturated heterocycles. The maximum Gasteiger partial charge on any atom is 0.344 e. The van der Waals surface area contributed by atoms with Crippen molar-refractivity contribution in [2.45, 2.75) is 12.0 Å². The molecule has 37 heavy (non-hydrogen) atoms. The zero-order valence-electron chi connectivity index (χ0n) is 20.3. The van der Waals surface area contributed by atoms with Crippen LogP contribution in [-0.4, -0.2) is 28.3 Å². The minimum Gasteiger partial charge on any atom is -0.497 e. The largest absolute Gasteiger partial charge is 0.497 e. The highest BCUT2D eigenvalue weighted by Crippen LogP contribution is 2.45. The van der Waals surface area contributed by atoms with Crippen LogP contribution in [0.1, 0.15) is 17.0 Å². The molecule has 0 radical (unpaired) electrons. The molecule has 3 aromatic carbocycles. The van der Waals surface area contributed by atoms with E-state index in [2.05, 4.69) is 5.32 Å². The first-order valence-corrected chi connectivity index (χ1v) is 11.7. The van der Waals surface area contributed by atoms with Gasteiger partial charge in [0.2, 0.25) is 0 Å². The Hall–Kier alpha value is -4.79. The number of amides is 1. The van der Waals surface area contributed by atoms with Gasteiger partial charge in [-0.3, -0.25) is 13.9 Å². The Kier molecular flexibility index (Phi) is 5.15. The van der Waals surface area contributed by atoms with Crippen molar-refractivity contribution in [1.29, 1.82) is 0 Å². The molecule has 186 valence electrons. The molecule has 0 aliphatic carbocycles. The van der Waals surface area contributed by atoms with Crippen molar-refractivity contribution in [3.63, 3.8) is 0 Å². The quantitative estimate of drug-likeness (QED) is 0.381. The van der Waals surface area contributed by atoms with Gasteiger partial charge < -0.3 is 19.2 Å². The summed E-state index contributed by atoms with van der Waals surface area (Å²) in [6, 6.07) is 19.4. The molecule has 0 saturated carbocycles. The van der Waals surface area contributed by atoms with Gasteiger partial charge in [0.15, 0.2) is 6.10 Å². The number of ether oxygens (including phenoxy) is 2. The Morgan fingerprint density at radius 3 is 2.43 bits per heavy atom. The van der Waals surface area contributed by atoms with E-state index in [0.29, 0.717) is 39.2 Å². The fourth-order valence-electron chi connectivity index (χ4n) is 5.03. The average Bonchev–Trinajstić information content (AvgIpc) is 3.42. The van der Waals surface area contributed by atoms with Crippen LogP contribution in [0.5, 0.6) is 11.5 Å². The average molecular weight is 498 g/mol. The number of methoxy groups -OCH3 is 1. The molecule has 5 aromatic rings. The minimum atomic E-state index is -1.05. The second-order valence-electron chi connectivity index (χ2n) is 9.01. The van der Waals surface area contributed by atoms with E-state index < -0.39 is 23.6 Å². The van der Waals surface area contributed by atoms with Crippen LogP contribution < -0.4 is 26.1 Å². The number of benzene rings is 3. The van der Waals surface area contributed by atoms with E-state index in [1.165, 1.54) is 4.57 Å².